The summed E-state index contributed by atoms with van der Waals surface area (Å²) in [5, 5.41) is 14.8. The molecule has 2 N–H and O–H groups in total. The smallest absolute Gasteiger partial charge is 0.329 e. The minimum absolute atomic E-state index is 0.0547. The van der Waals surface area contributed by atoms with E-state index in [1.165, 1.54) is 14.0 Å². The summed E-state index contributed by atoms with van der Waals surface area (Å²) in [6.45, 7) is 13.5. The van der Waals surface area contributed by atoms with E-state index in [0.717, 1.165) is 11.8 Å². The second kappa shape index (κ2) is 18.4. The van der Waals surface area contributed by atoms with Gasteiger partial charge in [0.2, 0.25) is 5.91 Å². The number of rotatable bonds is 9. The minimum atomic E-state index is -1.56. The lowest BCUT2D eigenvalue weighted by atomic mass is 9.69. The summed E-state index contributed by atoms with van der Waals surface area (Å²) >= 11 is 1.14. The van der Waals surface area contributed by atoms with E-state index in [1.807, 2.05) is 50.2 Å². The molecule has 0 unspecified atom stereocenters. The Morgan fingerprint density at radius 3 is 2.33 bits per heavy atom. The van der Waals surface area contributed by atoms with Crippen LogP contribution in [0.3, 0.4) is 0 Å². The molecule has 3 fully saturated rings. The van der Waals surface area contributed by atoms with Crippen molar-refractivity contribution in [3.05, 3.63) is 30.5 Å². The van der Waals surface area contributed by atoms with Crippen molar-refractivity contribution in [3.8, 4) is 0 Å². The molecule has 5 rings (SSSR count). The number of nitrogens with zero attached hydrogens (tertiary/aromatic N) is 3. The van der Waals surface area contributed by atoms with E-state index in [4.69, 9.17) is 23.7 Å². The number of ether oxygens (including phenoxy) is 5. The largest absolute Gasteiger partial charge is 0.458 e. The maximum atomic E-state index is 14.7. The van der Waals surface area contributed by atoms with Crippen LogP contribution in [0.4, 0.5) is 0 Å². The van der Waals surface area contributed by atoms with E-state index < -0.39 is 95.1 Å². The highest BCUT2D eigenvalue weighted by atomic mass is 32.2. The fraction of sp³-hybridized carbons (Fsp3) is 0.690. The summed E-state index contributed by atoms with van der Waals surface area (Å²) in [5.74, 6) is -7.91. The molecule has 1 aromatic carbocycles. The third-order valence-corrected chi connectivity index (χ3v) is 13.4. The molecule has 0 radical (unpaired) electrons. The molecule has 0 saturated carbocycles. The first kappa shape index (κ1) is 45.5. The molecular formula is C42H60N4O11S. The molecule has 1 aromatic heterocycles. The van der Waals surface area contributed by atoms with Crippen LogP contribution in [0.5, 0.6) is 0 Å². The van der Waals surface area contributed by atoms with Crippen LogP contribution >= 0.6 is 11.8 Å². The number of methoxy groups -OCH3 is 1. The Balaban J connectivity index is 1.48. The highest BCUT2D eigenvalue weighted by Crippen LogP contribution is 2.45. The van der Waals surface area contributed by atoms with E-state index in [0.29, 0.717) is 22.5 Å². The molecule has 16 heteroatoms. The molecule has 3 aliphatic heterocycles. The lowest BCUT2D eigenvalue weighted by Gasteiger charge is -2.47. The molecule has 0 aliphatic carbocycles. The van der Waals surface area contributed by atoms with Crippen molar-refractivity contribution < 1.29 is 52.8 Å². The first-order chi connectivity index (χ1) is 27.3. The third-order valence-electron chi connectivity index (χ3n) is 12.5. The Kier molecular flexibility index (Phi) is 14.4. The number of hydrogen-bond donors (Lipinski definition) is 2. The SMILES string of the molecule is CC[C@H]1OC(=O)[C@H](C)C(=O)[C@H](C)[C@@H](O[C@@H]2O[C@H](C)C[C@H](N(C)C)[C@H]2O)[C@](C)(OC)C[C@@H](C)C(=O)[C@H](C)[C@H]2[C@H](NC(=O)CSc3cnc4ccccc4n3)C(=O)O[C@@]21C. The van der Waals surface area contributed by atoms with E-state index in [9.17, 15) is 29.1 Å². The zero-order chi connectivity index (χ0) is 42.9. The number of aromatic nitrogens is 2. The number of aliphatic hydroxyl groups is 1. The average Bonchev–Trinajstić information content (AvgIpc) is 3.45. The van der Waals surface area contributed by atoms with Gasteiger partial charge >= 0.3 is 11.9 Å². The highest BCUT2D eigenvalue weighted by molar-refractivity contribution is 7.99. The zero-order valence-corrected chi connectivity index (χ0v) is 36.2. The van der Waals surface area contributed by atoms with Crippen LogP contribution in [0.2, 0.25) is 0 Å². The number of amides is 1. The molecule has 58 heavy (non-hydrogen) atoms. The normalized spacial score (nSPS) is 37.9. The Morgan fingerprint density at radius 1 is 1.02 bits per heavy atom. The van der Waals surface area contributed by atoms with Gasteiger partial charge in [0.15, 0.2) is 17.7 Å². The molecule has 15 nitrogen and oxygen atoms in total. The van der Waals surface area contributed by atoms with Gasteiger partial charge < -0.3 is 39.0 Å². The van der Waals surface area contributed by atoms with Crippen molar-refractivity contribution in [2.75, 3.05) is 27.0 Å². The Morgan fingerprint density at radius 2 is 1.69 bits per heavy atom. The van der Waals surface area contributed by atoms with Crippen molar-refractivity contribution in [2.45, 2.75) is 134 Å². The predicted octanol–water partition coefficient (Wildman–Crippen LogP) is 3.76. The number of nitrogens with one attached hydrogen (secondary N) is 1. The van der Waals surface area contributed by atoms with Gasteiger partial charge in [-0.05, 0) is 73.2 Å². The average molecular weight is 829 g/mol. The van der Waals surface area contributed by atoms with Gasteiger partial charge in [-0.15, -0.1) is 0 Å². The molecule has 2 aromatic rings. The number of thioether (sulfide) groups is 1. The first-order valence-corrected chi connectivity index (χ1v) is 21.1. The molecule has 0 spiro atoms. The number of carbonyl (C=O) groups excluding carboxylic acids is 5. The van der Waals surface area contributed by atoms with E-state index in [1.54, 1.807) is 47.7 Å². The summed E-state index contributed by atoms with van der Waals surface area (Å²) in [6, 6.07) is 5.78. The summed E-state index contributed by atoms with van der Waals surface area (Å²) in [6.07, 6.45) is -2.35. The van der Waals surface area contributed by atoms with Crippen molar-refractivity contribution in [3.63, 3.8) is 0 Å². The van der Waals surface area contributed by atoms with Gasteiger partial charge in [0.25, 0.3) is 0 Å². The minimum Gasteiger partial charge on any atom is -0.458 e. The van der Waals surface area contributed by atoms with E-state index in [2.05, 4.69) is 15.3 Å². The van der Waals surface area contributed by atoms with Gasteiger partial charge in [-0.1, -0.05) is 51.6 Å². The molecule has 3 saturated heterocycles. The maximum absolute atomic E-state index is 14.7. The number of likely N-dealkylation sites (N-methyl/N-ethyl adjacent to an activating group) is 1. The maximum Gasteiger partial charge on any atom is 0.329 e. The summed E-state index contributed by atoms with van der Waals surface area (Å²) in [5.41, 5.74) is -1.51. The van der Waals surface area contributed by atoms with Crippen LogP contribution in [-0.4, -0.2) is 130 Å². The standard InChI is InChI=1S/C42H60N4O11S/c1-12-29-42(8)32(33(39(52)57-42)45-30(47)20-58-31-19-43-26-15-13-14-16-27(26)44-31)23(4)34(48)21(2)18-41(7,53-11)37(24(5)35(49)25(6)38(51)55-29)56-40-36(50)28(46(9)10)17-22(3)54-40/h13-16,19,21-25,28-29,32-33,36-37,40,50H,12,17-18,20H2,1-11H3,(H,45,47)/t21-,22-,23-,24+,25-,28+,29-,32+,33+,36-,37-,40+,41-,42-/m1/s1. The molecule has 3 aliphatic rings. The van der Waals surface area contributed by atoms with Crippen molar-refractivity contribution in [1.29, 1.82) is 0 Å². The number of carbonyl (C=O) groups is 5. The van der Waals surface area contributed by atoms with Crippen LogP contribution in [0.15, 0.2) is 35.5 Å². The Labute approximate surface area is 345 Å². The topological polar surface area (TPSA) is 193 Å². The predicted molar refractivity (Wildman–Crippen MR) is 214 cm³/mol. The van der Waals surface area contributed by atoms with E-state index in [-0.39, 0.29) is 36.5 Å². The zero-order valence-electron chi connectivity index (χ0n) is 35.4. The van der Waals surface area contributed by atoms with Crippen molar-refractivity contribution in [2.24, 2.45) is 29.6 Å². The summed E-state index contributed by atoms with van der Waals surface area (Å²) in [4.78, 5) is 81.2. The summed E-state index contributed by atoms with van der Waals surface area (Å²) in [7, 11) is 5.16. The summed E-state index contributed by atoms with van der Waals surface area (Å²) < 4.78 is 30.9. The molecule has 0 bridgehead atoms. The third kappa shape index (κ3) is 9.26. The second-order valence-electron chi connectivity index (χ2n) is 16.9. The van der Waals surface area contributed by atoms with Gasteiger partial charge in [-0.3, -0.25) is 24.2 Å². The van der Waals surface area contributed by atoms with E-state index >= 15 is 0 Å². The number of esters is 2. The van der Waals surface area contributed by atoms with Gasteiger partial charge in [-0.25, -0.2) is 9.78 Å². The fourth-order valence-corrected chi connectivity index (χ4v) is 9.80. The first-order valence-electron chi connectivity index (χ1n) is 20.1. The lowest BCUT2D eigenvalue weighted by Crippen LogP contribution is -2.59. The number of para-hydroxylation sites is 2. The monoisotopic (exact) mass is 828 g/mol. The Bertz CT molecular complexity index is 1850. The number of Topliss-reactive ketones (excluding diaryl/α,β-unsaturated/α-hetero) is 2. The Hall–Kier alpha value is -3.54. The highest BCUT2D eigenvalue weighted by Gasteiger charge is 2.62. The quantitative estimate of drug-likeness (QED) is 0.211. The van der Waals surface area contributed by atoms with Gasteiger partial charge in [0.05, 0.1) is 40.8 Å². The molecule has 1 amide bonds. The van der Waals surface area contributed by atoms with Crippen LogP contribution in [-0.2, 0) is 47.7 Å². The van der Waals surface area contributed by atoms with Gasteiger partial charge in [0.1, 0.15) is 35.0 Å². The fourth-order valence-electron chi connectivity index (χ4n) is 9.15. The number of ketones is 2. The molecule has 14 atom stereocenters. The van der Waals surface area contributed by atoms with Crippen molar-refractivity contribution in [1.82, 2.24) is 20.2 Å². The number of benzene rings is 1. The van der Waals surface area contributed by atoms with Crippen LogP contribution in [0.25, 0.3) is 11.0 Å². The number of cyclic esters (lactones) is 1. The van der Waals surface area contributed by atoms with Crippen LogP contribution in [0.1, 0.15) is 74.7 Å². The van der Waals surface area contributed by atoms with Crippen LogP contribution < -0.4 is 5.32 Å². The lowest BCUT2D eigenvalue weighted by molar-refractivity contribution is -0.295. The van der Waals surface area contributed by atoms with Gasteiger partial charge in [-0.2, -0.15) is 0 Å². The number of aliphatic hydroxyl groups excluding tert-OH is 1. The molecule has 4 heterocycles. The molecule has 320 valence electrons. The molecular weight excluding hydrogens is 769 g/mol. The van der Waals surface area contributed by atoms with Crippen molar-refractivity contribution >= 4 is 52.2 Å². The second-order valence-corrected chi connectivity index (χ2v) is 17.8. The number of fused-ring (bicyclic) bond motifs is 2. The number of hydrogen-bond acceptors (Lipinski definition) is 15. The van der Waals surface area contributed by atoms with Gasteiger partial charge in [0, 0.05) is 36.8 Å². The van der Waals surface area contributed by atoms with Crippen LogP contribution in [0, 0.1) is 29.6 Å².